The molecule has 0 saturated carbocycles. The molecule has 12 heteroatoms. The molecule has 0 atom stereocenters. The van der Waals surface area contributed by atoms with Gasteiger partial charge in [0, 0.05) is 42.7 Å². The number of rotatable bonds is 7. The van der Waals surface area contributed by atoms with Gasteiger partial charge in [-0.25, -0.2) is 13.8 Å². The number of aromatic nitrogens is 3. The number of anilines is 1. The van der Waals surface area contributed by atoms with Crippen LogP contribution in [0.4, 0.5) is 27.6 Å². The number of alkyl halides is 4. The third kappa shape index (κ3) is 5.16. The molecule has 5 aromatic rings. The maximum Gasteiger partial charge on any atom is 0.417 e. The molecular weight excluding hydrogens is 579 g/mol. The zero-order chi connectivity index (χ0) is 30.3. The van der Waals surface area contributed by atoms with Gasteiger partial charge in [-0.2, -0.15) is 13.2 Å². The molecule has 0 aliphatic heterocycles. The monoisotopic (exact) mass is 600 g/mol. The summed E-state index contributed by atoms with van der Waals surface area (Å²) in [6.45, 7) is 1.86. The molecule has 216 valence electrons. The summed E-state index contributed by atoms with van der Waals surface area (Å²) in [7, 11) is 1.66. The van der Waals surface area contributed by atoms with Crippen LogP contribution in [0.25, 0.3) is 27.7 Å². The van der Waals surface area contributed by atoms with E-state index in [2.05, 4.69) is 10.3 Å². The van der Waals surface area contributed by atoms with Crippen molar-refractivity contribution in [2.24, 2.45) is 7.05 Å². The van der Waals surface area contributed by atoms with Gasteiger partial charge in [-0.3, -0.25) is 9.59 Å². The average molecular weight is 601 g/mol. The highest BCUT2D eigenvalue weighted by Crippen LogP contribution is 2.41. The first kappa shape index (κ1) is 29.0. The number of allylic oxidation sites excluding steroid dienone is 1. The standard InChI is InChI=1S/C30H22ClF5N4O2/c1-3-26-37-22-14-18(19(30(34,35)36)15-25(22)39(26)2)17-6-5-11-40-23(17)8-9-24(40)29(42)16-12-20(32)28(21(33)13-16)38-27(41)7-4-10-31/h4-9,11-15H,3,10H2,1-2H3,(H,38,41)/b7-4+. The van der Waals surface area contributed by atoms with Crippen LogP contribution in [0.15, 0.2) is 66.9 Å². The molecule has 42 heavy (non-hydrogen) atoms. The molecule has 0 radical (unpaired) electrons. The Labute approximate surface area is 241 Å². The molecule has 0 saturated heterocycles. The predicted molar refractivity (Wildman–Crippen MR) is 150 cm³/mol. The fourth-order valence-electron chi connectivity index (χ4n) is 4.90. The Kier molecular flexibility index (Phi) is 7.63. The highest BCUT2D eigenvalue weighted by Gasteiger charge is 2.35. The van der Waals surface area contributed by atoms with Gasteiger partial charge in [-0.1, -0.05) is 19.1 Å². The first-order chi connectivity index (χ1) is 19.9. The number of pyridine rings is 1. The Morgan fingerprint density at radius 3 is 2.38 bits per heavy atom. The Hall–Kier alpha value is -4.51. The second kappa shape index (κ2) is 11.1. The van der Waals surface area contributed by atoms with Gasteiger partial charge >= 0.3 is 6.18 Å². The quantitative estimate of drug-likeness (QED) is 0.0921. The molecule has 0 unspecified atom stereocenters. The molecule has 0 spiro atoms. The van der Waals surface area contributed by atoms with Crippen molar-refractivity contribution in [3.05, 3.63) is 101 Å². The van der Waals surface area contributed by atoms with Crippen LogP contribution >= 0.6 is 11.6 Å². The lowest BCUT2D eigenvalue weighted by molar-refractivity contribution is -0.137. The van der Waals surface area contributed by atoms with Crippen molar-refractivity contribution in [3.8, 4) is 11.1 Å². The summed E-state index contributed by atoms with van der Waals surface area (Å²) in [6.07, 6.45) is -0.400. The molecule has 6 nitrogen and oxygen atoms in total. The highest BCUT2D eigenvalue weighted by atomic mass is 35.5. The van der Waals surface area contributed by atoms with Gasteiger partial charge in [0.1, 0.15) is 23.1 Å². The minimum Gasteiger partial charge on any atom is -0.331 e. The lowest BCUT2D eigenvalue weighted by Crippen LogP contribution is -2.13. The summed E-state index contributed by atoms with van der Waals surface area (Å²) in [5.74, 6) is -3.32. The van der Waals surface area contributed by atoms with E-state index in [-0.39, 0.29) is 33.8 Å². The van der Waals surface area contributed by atoms with Crippen LogP contribution in [0.1, 0.15) is 34.4 Å². The molecule has 1 amide bonds. The Bertz CT molecular complexity index is 1880. The van der Waals surface area contributed by atoms with Gasteiger partial charge < -0.3 is 14.3 Å². The number of benzene rings is 2. The zero-order valence-corrected chi connectivity index (χ0v) is 22.9. The Morgan fingerprint density at radius 1 is 1.02 bits per heavy atom. The normalized spacial score (nSPS) is 12.1. The number of aryl methyl sites for hydroxylation is 2. The van der Waals surface area contributed by atoms with Crippen LogP contribution in [-0.2, 0) is 24.4 Å². The third-order valence-electron chi connectivity index (χ3n) is 6.86. The van der Waals surface area contributed by atoms with Crippen LogP contribution in [0.5, 0.6) is 0 Å². The number of halogens is 6. The van der Waals surface area contributed by atoms with Crippen LogP contribution < -0.4 is 5.32 Å². The first-order valence-electron chi connectivity index (χ1n) is 12.7. The summed E-state index contributed by atoms with van der Waals surface area (Å²) in [6, 6.07) is 9.80. The van der Waals surface area contributed by atoms with Crippen LogP contribution in [0.3, 0.4) is 0 Å². The van der Waals surface area contributed by atoms with Crippen molar-refractivity contribution >= 4 is 45.5 Å². The van der Waals surface area contributed by atoms with E-state index in [0.717, 1.165) is 24.3 Å². The minimum atomic E-state index is -4.69. The summed E-state index contributed by atoms with van der Waals surface area (Å²) in [5, 5.41) is 2.06. The smallest absolute Gasteiger partial charge is 0.331 e. The van der Waals surface area contributed by atoms with Crippen molar-refractivity contribution in [2.45, 2.75) is 19.5 Å². The van der Waals surface area contributed by atoms with Gasteiger partial charge in [0.05, 0.1) is 27.8 Å². The van der Waals surface area contributed by atoms with E-state index >= 15 is 0 Å². The summed E-state index contributed by atoms with van der Waals surface area (Å²) >= 11 is 5.46. The molecule has 0 aliphatic carbocycles. The predicted octanol–water partition coefficient (Wildman–Crippen LogP) is 7.32. The number of fused-ring (bicyclic) bond motifs is 2. The minimum absolute atomic E-state index is 0.0217. The fourth-order valence-corrected chi connectivity index (χ4v) is 4.99. The Balaban J connectivity index is 1.59. The number of hydrogen-bond acceptors (Lipinski definition) is 3. The van der Waals surface area contributed by atoms with Gasteiger partial charge in [0.25, 0.3) is 0 Å². The Morgan fingerprint density at radius 2 is 1.74 bits per heavy atom. The average Bonchev–Trinajstić information content (AvgIpc) is 3.52. The van der Waals surface area contributed by atoms with E-state index in [0.29, 0.717) is 23.3 Å². The molecule has 5 rings (SSSR count). The van der Waals surface area contributed by atoms with Crippen molar-refractivity contribution < 1.29 is 31.5 Å². The number of imidazole rings is 1. The molecule has 1 N–H and O–H groups in total. The number of nitrogens with zero attached hydrogens (tertiary/aromatic N) is 3. The summed E-state index contributed by atoms with van der Waals surface area (Å²) in [5.41, 5.74) is -0.948. The van der Waals surface area contributed by atoms with Crippen molar-refractivity contribution in [1.82, 2.24) is 14.0 Å². The number of nitrogens with one attached hydrogen (secondary N) is 1. The van der Waals surface area contributed by atoms with Gasteiger partial charge in [0.15, 0.2) is 0 Å². The number of ketones is 1. The largest absolute Gasteiger partial charge is 0.417 e. The van der Waals surface area contributed by atoms with E-state index < -0.39 is 40.8 Å². The number of carbonyl (C=O) groups is 2. The number of hydrogen-bond donors (Lipinski definition) is 1. The second-order valence-corrected chi connectivity index (χ2v) is 9.72. The zero-order valence-electron chi connectivity index (χ0n) is 22.2. The number of carbonyl (C=O) groups excluding carboxylic acids is 2. The molecule has 2 aromatic carbocycles. The van der Waals surface area contributed by atoms with E-state index in [4.69, 9.17) is 11.6 Å². The van der Waals surface area contributed by atoms with Crippen molar-refractivity contribution in [1.29, 1.82) is 0 Å². The number of amides is 1. The van der Waals surface area contributed by atoms with Gasteiger partial charge in [0.2, 0.25) is 11.7 Å². The lowest BCUT2D eigenvalue weighted by Gasteiger charge is -2.15. The molecule has 0 aliphatic rings. The molecule has 0 bridgehead atoms. The molecule has 0 fully saturated rings. The van der Waals surface area contributed by atoms with Crippen molar-refractivity contribution in [2.75, 3.05) is 11.2 Å². The van der Waals surface area contributed by atoms with Crippen LogP contribution in [0.2, 0.25) is 0 Å². The molecule has 3 heterocycles. The summed E-state index contributed by atoms with van der Waals surface area (Å²) in [4.78, 5) is 29.7. The topological polar surface area (TPSA) is 68.4 Å². The first-order valence-corrected chi connectivity index (χ1v) is 13.2. The highest BCUT2D eigenvalue weighted by molar-refractivity contribution is 6.19. The van der Waals surface area contributed by atoms with Crippen LogP contribution in [-0.4, -0.2) is 31.5 Å². The summed E-state index contributed by atoms with van der Waals surface area (Å²) < 4.78 is 75.4. The second-order valence-electron chi connectivity index (χ2n) is 9.41. The maximum absolute atomic E-state index is 14.8. The van der Waals surface area contributed by atoms with E-state index in [1.807, 2.05) is 6.92 Å². The fraction of sp³-hybridized carbons (Fsp3) is 0.167. The maximum atomic E-state index is 14.8. The van der Waals surface area contributed by atoms with Crippen LogP contribution in [0, 0.1) is 11.6 Å². The molecule has 3 aromatic heterocycles. The lowest BCUT2D eigenvalue weighted by atomic mass is 9.98. The SMILES string of the molecule is CCc1nc2cc(-c3cccn4c(C(=O)c5cc(F)c(NC(=O)/C=C/CCl)c(F)c5)ccc34)c(C(F)(F)F)cc2n1C. The van der Waals surface area contributed by atoms with Gasteiger partial charge in [-0.15, -0.1) is 11.6 Å². The molecular formula is C30H22ClF5N4O2. The van der Waals surface area contributed by atoms with E-state index in [1.54, 1.807) is 11.6 Å². The third-order valence-corrected chi connectivity index (χ3v) is 7.04. The van der Waals surface area contributed by atoms with E-state index in [1.165, 1.54) is 47.0 Å². The van der Waals surface area contributed by atoms with E-state index in [9.17, 15) is 31.5 Å². The van der Waals surface area contributed by atoms with Gasteiger partial charge in [-0.05, 0) is 48.0 Å². The van der Waals surface area contributed by atoms with Crippen molar-refractivity contribution in [3.63, 3.8) is 0 Å².